The Morgan fingerprint density at radius 3 is 2.74 bits per heavy atom. The number of aliphatic hydroxyl groups is 1. The molecule has 1 aromatic heterocycles. The first-order chi connectivity index (χ1) is 11.1. The normalized spacial score (nSPS) is 10.8. The summed E-state index contributed by atoms with van der Waals surface area (Å²) in [6.07, 6.45) is 0. The molecule has 3 rings (SSSR count). The molecule has 1 heterocycles. The zero-order chi connectivity index (χ0) is 16.4. The third kappa shape index (κ3) is 2.80. The van der Waals surface area contributed by atoms with E-state index in [2.05, 4.69) is 5.16 Å². The van der Waals surface area contributed by atoms with Crippen LogP contribution in [0.3, 0.4) is 0 Å². The van der Waals surface area contributed by atoms with Crippen LogP contribution in [0.1, 0.15) is 5.56 Å². The van der Waals surface area contributed by atoms with E-state index in [1.807, 2.05) is 0 Å². The fourth-order valence-corrected chi connectivity index (χ4v) is 2.34. The van der Waals surface area contributed by atoms with E-state index in [1.54, 1.807) is 24.3 Å². The second-order valence-corrected chi connectivity index (χ2v) is 4.85. The molecule has 0 amide bonds. The zero-order valence-corrected chi connectivity index (χ0v) is 12.2. The zero-order valence-electron chi connectivity index (χ0n) is 12.2. The van der Waals surface area contributed by atoms with E-state index in [0.29, 0.717) is 17.0 Å². The molecular formula is C17H13F2NO3. The molecule has 0 unspecified atom stereocenters. The molecule has 2 aromatic carbocycles. The van der Waals surface area contributed by atoms with Gasteiger partial charge in [0.25, 0.3) is 0 Å². The summed E-state index contributed by atoms with van der Waals surface area (Å²) in [5.41, 5.74) is 1.18. The molecule has 0 saturated heterocycles. The predicted molar refractivity (Wildman–Crippen MR) is 79.8 cm³/mol. The van der Waals surface area contributed by atoms with Crippen LogP contribution in [-0.4, -0.2) is 17.4 Å². The Balaban J connectivity index is 2.15. The molecule has 23 heavy (non-hydrogen) atoms. The lowest BCUT2D eigenvalue weighted by Gasteiger charge is -2.04. The standard InChI is InChI=1S/C17H13F2NO3/c1-22-12-4-2-3-10(7-12)16-14(9-21)17(23-20-16)13-8-11(18)5-6-15(13)19/h2-8,21H,9H2,1H3. The smallest absolute Gasteiger partial charge is 0.176 e. The Bertz CT molecular complexity index is 846. The molecule has 0 aliphatic heterocycles. The van der Waals surface area contributed by atoms with Crippen molar-refractivity contribution in [1.82, 2.24) is 5.16 Å². The second-order valence-electron chi connectivity index (χ2n) is 4.85. The molecule has 0 saturated carbocycles. The molecule has 0 aliphatic rings. The Hall–Kier alpha value is -2.73. The molecular weight excluding hydrogens is 304 g/mol. The van der Waals surface area contributed by atoms with Crippen LogP contribution in [0.2, 0.25) is 0 Å². The van der Waals surface area contributed by atoms with Crippen molar-refractivity contribution in [2.24, 2.45) is 0 Å². The SMILES string of the molecule is COc1cccc(-c2noc(-c3cc(F)ccc3F)c2CO)c1. The minimum Gasteiger partial charge on any atom is -0.497 e. The average molecular weight is 317 g/mol. The van der Waals surface area contributed by atoms with E-state index in [9.17, 15) is 13.9 Å². The van der Waals surface area contributed by atoms with Gasteiger partial charge in [0, 0.05) is 5.56 Å². The second kappa shape index (κ2) is 6.18. The van der Waals surface area contributed by atoms with Crippen molar-refractivity contribution in [2.45, 2.75) is 6.61 Å². The van der Waals surface area contributed by atoms with Crippen LogP contribution in [0.5, 0.6) is 5.75 Å². The summed E-state index contributed by atoms with van der Waals surface area (Å²) in [6, 6.07) is 10.00. The Kier molecular flexibility index (Phi) is 4.08. The van der Waals surface area contributed by atoms with Crippen molar-refractivity contribution in [2.75, 3.05) is 7.11 Å². The summed E-state index contributed by atoms with van der Waals surface area (Å²) >= 11 is 0. The van der Waals surface area contributed by atoms with E-state index < -0.39 is 18.2 Å². The highest BCUT2D eigenvalue weighted by Gasteiger charge is 2.21. The molecule has 1 N–H and O–H groups in total. The maximum Gasteiger partial charge on any atom is 0.176 e. The number of aromatic nitrogens is 1. The van der Waals surface area contributed by atoms with Crippen molar-refractivity contribution in [1.29, 1.82) is 0 Å². The van der Waals surface area contributed by atoms with Gasteiger partial charge in [-0.2, -0.15) is 0 Å². The van der Waals surface area contributed by atoms with Crippen molar-refractivity contribution < 1.29 is 23.1 Å². The molecule has 4 nitrogen and oxygen atoms in total. The van der Waals surface area contributed by atoms with Gasteiger partial charge in [-0.3, -0.25) is 0 Å². The number of halogens is 2. The Labute approximate surface area is 130 Å². The van der Waals surface area contributed by atoms with Crippen LogP contribution >= 0.6 is 0 Å². The van der Waals surface area contributed by atoms with Crippen LogP contribution < -0.4 is 4.74 Å². The molecule has 0 spiro atoms. The largest absolute Gasteiger partial charge is 0.497 e. The fraction of sp³-hybridized carbons (Fsp3) is 0.118. The van der Waals surface area contributed by atoms with Crippen LogP contribution in [0.15, 0.2) is 47.0 Å². The van der Waals surface area contributed by atoms with Gasteiger partial charge < -0.3 is 14.4 Å². The summed E-state index contributed by atoms with van der Waals surface area (Å²) in [6.45, 7) is -0.429. The fourth-order valence-electron chi connectivity index (χ4n) is 2.34. The van der Waals surface area contributed by atoms with E-state index in [4.69, 9.17) is 9.26 Å². The van der Waals surface area contributed by atoms with Gasteiger partial charge in [0.2, 0.25) is 0 Å². The highest BCUT2D eigenvalue weighted by Crippen LogP contribution is 2.34. The summed E-state index contributed by atoms with van der Waals surface area (Å²) in [5.74, 6) is -0.658. The van der Waals surface area contributed by atoms with E-state index in [0.717, 1.165) is 18.2 Å². The van der Waals surface area contributed by atoms with Crippen molar-refractivity contribution >= 4 is 0 Å². The minimum atomic E-state index is -0.658. The lowest BCUT2D eigenvalue weighted by molar-refractivity contribution is 0.281. The molecule has 0 radical (unpaired) electrons. The van der Waals surface area contributed by atoms with Crippen LogP contribution in [0.25, 0.3) is 22.6 Å². The van der Waals surface area contributed by atoms with E-state index >= 15 is 0 Å². The van der Waals surface area contributed by atoms with Gasteiger partial charge in [0.05, 0.1) is 24.8 Å². The highest BCUT2D eigenvalue weighted by molar-refractivity contribution is 5.73. The van der Waals surface area contributed by atoms with E-state index in [-0.39, 0.29) is 16.9 Å². The van der Waals surface area contributed by atoms with Crippen molar-refractivity contribution in [3.05, 3.63) is 59.7 Å². The molecule has 0 bridgehead atoms. The third-order valence-electron chi connectivity index (χ3n) is 3.46. The number of rotatable bonds is 4. The van der Waals surface area contributed by atoms with Gasteiger partial charge in [-0.05, 0) is 30.3 Å². The van der Waals surface area contributed by atoms with Crippen molar-refractivity contribution in [3.63, 3.8) is 0 Å². The van der Waals surface area contributed by atoms with Gasteiger partial charge in [-0.1, -0.05) is 17.3 Å². The average Bonchev–Trinajstić information content (AvgIpc) is 3.00. The van der Waals surface area contributed by atoms with Gasteiger partial charge in [0.15, 0.2) is 5.76 Å². The van der Waals surface area contributed by atoms with Gasteiger partial charge in [0.1, 0.15) is 23.1 Å². The number of methoxy groups -OCH3 is 1. The van der Waals surface area contributed by atoms with Crippen LogP contribution in [-0.2, 0) is 6.61 Å². The third-order valence-corrected chi connectivity index (χ3v) is 3.46. The lowest BCUT2D eigenvalue weighted by atomic mass is 10.0. The Morgan fingerprint density at radius 1 is 1.17 bits per heavy atom. The monoisotopic (exact) mass is 317 g/mol. The number of benzene rings is 2. The maximum absolute atomic E-state index is 13.9. The predicted octanol–water partition coefficient (Wildman–Crippen LogP) is 3.79. The van der Waals surface area contributed by atoms with Crippen molar-refractivity contribution in [3.8, 4) is 28.3 Å². The van der Waals surface area contributed by atoms with Crippen LogP contribution in [0, 0.1) is 11.6 Å². The molecule has 118 valence electrons. The quantitative estimate of drug-likeness (QED) is 0.795. The van der Waals surface area contributed by atoms with Gasteiger partial charge >= 0.3 is 0 Å². The molecule has 0 atom stereocenters. The Morgan fingerprint density at radius 2 is 2.00 bits per heavy atom. The molecule has 6 heteroatoms. The first kappa shape index (κ1) is 15.2. The van der Waals surface area contributed by atoms with Gasteiger partial charge in [-0.15, -0.1) is 0 Å². The summed E-state index contributed by atoms with van der Waals surface area (Å²) in [4.78, 5) is 0. The van der Waals surface area contributed by atoms with Gasteiger partial charge in [-0.25, -0.2) is 8.78 Å². The summed E-state index contributed by atoms with van der Waals surface area (Å²) in [5, 5.41) is 13.6. The molecule has 3 aromatic rings. The first-order valence-corrected chi connectivity index (χ1v) is 6.83. The lowest BCUT2D eigenvalue weighted by Crippen LogP contribution is -1.92. The molecule has 0 aliphatic carbocycles. The summed E-state index contributed by atoms with van der Waals surface area (Å²) < 4.78 is 37.7. The first-order valence-electron chi connectivity index (χ1n) is 6.83. The number of aliphatic hydroxyl groups excluding tert-OH is 1. The number of hydrogen-bond donors (Lipinski definition) is 1. The highest BCUT2D eigenvalue weighted by atomic mass is 19.1. The topological polar surface area (TPSA) is 55.5 Å². The van der Waals surface area contributed by atoms with Crippen LogP contribution in [0.4, 0.5) is 8.78 Å². The summed E-state index contributed by atoms with van der Waals surface area (Å²) in [7, 11) is 1.53. The number of ether oxygens (including phenoxy) is 1. The number of nitrogens with zero attached hydrogens (tertiary/aromatic N) is 1. The number of hydrogen-bond acceptors (Lipinski definition) is 4. The molecule has 0 fully saturated rings. The van der Waals surface area contributed by atoms with E-state index in [1.165, 1.54) is 7.11 Å². The maximum atomic E-state index is 13.9. The minimum absolute atomic E-state index is 0.00215.